The van der Waals surface area contributed by atoms with E-state index in [4.69, 9.17) is 0 Å². The second-order valence-electron chi connectivity index (χ2n) is 6.00. The minimum Gasteiger partial charge on any atom is -0.508 e. The van der Waals surface area contributed by atoms with Crippen molar-refractivity contribution in [1.82, 2.24) is 10.2 Å². The fourth-order valence-electron chi connectivity index (χ4n) is 3.58. The molecule has 0 bridgehead atoms. The molecule has 3 nitrogen and oxygen atoms in total. The monoisotopic (exact) mass is 260 g/mol. The van der Waals surface area contributed by atoms with Crippen LogP contribution in [-0.2, 0) is 0 Å². The Kier molecular flexibility index (Phi) is 3.76. The molecule has 1 saturated carbocycles. The third-order valence-electron chi connectivity index (χ3n) is 4.91. The highest BCUT2D eigenvalue weighted by atomic mass is 16.3. The molecular weight excluding hydrogens is 236 g/mol. The first kappa shape index (κ1) is 12.9. The predicted octanol–water partition coefficient (Wildman–Crippen LogP) is 2.32. The quantitative estimate of drug-likeness (QED) is 0.875. The zero-order valence-electron chi connectivity index (χ0n) is 11.7. The van der Waals surface area contributed by atoms with Gasteiger partial charge in [0, 0.05) is 25.2 Å². The summed E-state index contributed by atoms with van der Waals surface area (Å²) in [5, 5.41) is 13.3. The van der Waals surface area contributed by atoms with E-state index in [0.29, 0.717) is 17.7 Å². The number of benzene rings is 1. The Labute approximate surface area is 115 Å². The molecule has 0 radical (unpaired) electrons. The molecule has 19 heavy (non-hydrogen) atoms. The molecule has 2 N–H and O–H groups in total. The number of nitrogens with zero attached hydrogens (tertiary/aromatic N) is 1. The lowest BCUT2D eigenvalue weighted by Crippen LogP contribution is -2.60. The maximum atomic E-state index is 9.94. The number of hydrogen-bond acceptors (Lipinski definition) is 3. The Morgan fingerprint density at radius 3 is 2.42 bits per heavy atom. The highest BCUT2D eigenvalue weighted by Crippen LogP contribution is 2.38. The van der Waals surface area contributed by atoms with Crippen LogP contribution in [0.5, 0.6) is 5.75 Å². The summed E-state index contributed by atoms with van der Waals surface area (Å²) in [5.74, 6) is 1.03. The van der Waals surface area contributed by atoms with Gasteiger partial charge in [-0.3, -0.25) is 4.90 Å². The van der Waals surface area contributed by atoms with Crippen molar-refractivity contribution in [1.29, 1.82) is 0 Å². The van der Waals surface area contributed by atoms with Crippen molar-refractivity contribution >= 4 is 0 Å². The fraction of sp³-hybridized carbons (Fsp3) is 0.625. The average molecular weight is 260 g/mol. The van der Waals surface area contributed by atoms with Crippen LogP contribution in [0.3, 0.4) is 0 Å². The van der Waals surface area contributed by atoms with Crippen LogP contribution in [0.25, 0.3) is 0 Å². The minimum atomic E-state index is 0.477. The first-order valence-electron chi connectivity index (χ1n) is 7.47. The van der Waals surface area contributed by atoms with Gasteiger partial charge in [-0.15, -0.1) is 0 Å². The van der Waals surface area contributed by atoms with Gasteiger partial charge < -0.3 is 10.4 Å². The molecule has 1 aromatic carbocycles. The van der Waals surface area contributed by atoms with Crippen molar-refractivity contribution < 1.29 is 5.11 Å². The number of para-hydroxylation sites is 1. The van der Waals surface area contributed by atoms with Crippen molar-refractivity contribution in [2.24, 2.45) is 0 Å². The van der Waals surface area contributed by atoms with E-state index in [1.165, 1.54) is 38.8 Å². The zero-order valence-corrected chi connectivity index (χ0v) is 11.7. The fourth-order valence-corrected chi connectivity index (χ4v) is 3.58. The standard InChI is InChI=1S/C16H24N2O/c1-17-13-10-18(11-13)14-8-6-12(7-9-14)15-4-2-3-5-16(15)19/h2-5,12-14,17,19H,6-11H2,1H3. The van der Waals surface area contributed by atoms with Gasteiger partial charge in [-0.1, -0.05) is 18.2 Å². The zero-order chi connectivity index (χ0) is 13.2. The summed E-state index contributed by atoms with van der Waals surface area (Å²) >= 11 is 0. The molecule has 2 aliphatic rings. The number of likely N-dealkylation sites (tertiary alicyclic amines) is 1. The van der Waals surface area contributed by atoms with Crippen LogP contribution in [0.15, 0.2) is 24.3 Å². The van der Waals surface area contributed by atoms with Gasteiger partial charge in [-0.25, -0.2) is 0 Å². The first-order valence-corrected chi connectivity index (χ1v) is 7.47. The van der Waals surface area contributed by atoms with Crippen LogP contribution in [-0.4, -0.2) is 42.2 Å². The lowest BCUT2D eigenvalue weighted by Gasteiger charge is -2.46. The molecule has 2 fully saturated rings. The van der Waals surface area contributed by atoms with Gasteiger partial charge in [-0.05, 0) is 50.3 Å². The summed E-state index contributed by atoms with van der Waals surface area (Å²) in [4.78, 5) is 2.61. The van der Waals surface area contributed by atoms with E-state index < -0.39 is 0 Å². The smallest absolute Gasteiger partial charge is 0.119 e. The molecule has 1 aliphatic carbocycles. The first-order chi connectivity index (χ1) is 9.28. The number of phenolic OH excluding ortho intramolecular Hbond substituents is 1. The van der Waals surface area contributed by atoms with E-state index in [2.05, 4.69) is 23.3 Å². The summed E-state index contributed by atoms with van der Waals surface area (Å²) in [6.45, 7) is 2.42. The Bertz CT molecular complexity index is 421. The highest BCUT2D eigenvalue weighted by Gasteiger charge is 2.34. The molecule has 0 atom stereocenters. The van der Waals surface area contributed by atoms with Gasteiger partial charge in [0.1, 0.15) is 5.75 Å². The Hall–Kier alpha value is -1.06. The minimum absolute atomic E-state index is 0.477. The van der Waals surface area contributed by atoms with Crippen LogP contribution in [0.4, 0.5) is 0 Å². The number of phenols is 1. The van der Waals surface area contributed by atoms with E-state index in [1.54, 1.807) is 0 Å². The maximum Gasteiger partial charge on any atom is 0.119 e. The summed E-state index contributed by atoms with van der Waals surface area (Å²) in [7, 11) is 2.05. The van der Waals surface area contributed by atoms with Crippen molar-refractivity contribution in [3.63, 3.8) is 0 Å². The molecule has 0 spiro atoms. The van der Waals surface area contributed by atoms with Gasteiger partial charge >= 0.3 is 0 Å². The molecule has 1 aliphatic heterocycles. The molecule has 1 saturated heterocycles. The second-order valence-corrected chi connectivity index (χ2v) is 6.00. The molecule has 104 valence electrons. The van der Waals surface area contributed by atoms with Crippen molar-refractivity contribution in [2.75, 3.05) is 20.1 Å². The Morgan fingerprint density at radius 1 is 1.11 bits per heavy atom. The van der Waals surface area contributed by atoms with Crippen LogP contribution in [0, 0.1) is 0 Å². The average Bonchev–Trinajstić information content (AvgIpc) is 2.39. The number of aromatic hydroxyl groups is 1. The molecule has 0 unspecified atom stereocenters. The second kappa shape index (κ2) is 5.51. The van der Waals surface area contributed by atoms with Gasteiger partial charge in [0.2, 0.25) is 0 Å². The summed E-state index contributed by atoms with van der Waals surface area (Å²) in [5.41, 5.74) is 1.15. The van der Waals surface area contributed by atoms with Crippen molar-refractivity contribution in [3.8, 4) is 5.75 Å². The van der Waals surface area contributed by atoms with Gasteiger partial charge in [0.25, 0.3) is 0 Å². The van der Waals surface area contributed by atoms with Crippen molar-refractivity contribution in [3.05, 3.63) is 29.8 Å². The number of nitrogens with one attached hydrogen (secondary N) is 1. The maximum absolute atomic E-state index is 9.94. The SMILES string of the molecule is CNC1CN(C2CCC(c3ccccc3O)CC2)C1. The molecule has 3 rings (SSSR count). The topological polar surface area (TPSA) is 35.5 Å². The predicted molar refractivity (Wildman–Crippen MR) is 77.5 cm³/mol. The molecule has 0 aromatic heterocycles. The number of hydrogen-bond donors (Lipinski definition) is 2. The highest BCUT2D eigenvalue weighted by molar-refractivity contribution is 5.35. The normalized spacial score (nSPS) is 29.1. The van der Waals surface area contributed by atoms with E-state index >= 15 is 0 Å². The van der Waals surface area contributed by atoms with E-state index in [0.717, 1.165) is 11.6 Å². The van der Waals surface area contributed by atoms with Crippen LogP contribution >= 0.6 is 0 Å². The third kappa shape index (κ3) is 2.63. The van der Waals surface area contributed by atoms with E-state index in [-0.39, 0.29) is 0 Å². The number of likely N-dealkylation sites (N-methyl/N-ethyl adjacent to an activating group) is 1. The molecule has 1 aromatic rings. The van der Waals surface area contributed by atoms with Crippen LogP contribution in [0.1, 0.15) is 37.2 Å². The van der Waals surface area contributed by atoms with Gasteiger partial charge in [0.05, 0.1) is 0 Å². The largest absolute Gasteiger partial charge is 0.508 e. The van der Waals surface area contributed by atoms with Gasteiger partial charge in [-0.2, -0.15) is 0 Å². The molecular formula is C16H24N2O. The van der Waals surface area contributed by atoms with Gasteiger partial charge in [0.15, 0.2) is 0 Å². The van der Waals surface area contributed by atoms with Crippen LogP contribution < -0.4 is 5.32 Å². The van der Waals surface area contributed by atoms with E-state index in [9.17, 15) is 5.11 Å². The molecule has 3 heteroatoms. The molecule has 1 heterocycles. The summed E-state index contributed by atoms with van der Waals surface area (Å²) in [6, 6.07) is 9.31. The lowest BCUT2D eigenvalue weighted by molar-refractivity contribution is 0.0561. The summed E-state index contributed by atoms with van der Waals surface area (Å²) < 4.78 is 0. The Morgan fingerprint density at radius 2 is 1.79 bits per heavy atom. The van der Waals surface area contributed by atoms with Crippen LogP contribution in [0.2, 0.25) is 0 Å². The van der Waals surface area contributed by atoms with Crippen molar-refractivity contribution in [2.45, 2.75) is 43.7 Å². The molecule has 0 amide bonds. The van der Waals surface area contributed by atoms with E-state index in [1.807, 2.05) is 18.2 Å². The summed E-state index contributed by atoms with van der Waals surface area (Å²) in [6.07, 6.45) is 4.97. The third-order valence-corrected chi connectivity index (χ3v) is 4.91. The number of rotatable bonds is 3. The lowest BCUT2D eigenvalue weighted by atomic mass is 9.80. The Balaban J connectivity index is 1.54.